The Balaban J connectivity index is 2.35. The lowest BCUT2D eigenvalue weighted by atomic mass is 10.00. The quantitative estimate of drug-likeness (QED) is 0.667. The Morgan fingerprint density at radius 2 is 2.08 bits per heavy atom. The predicted molar refractivity (Wildman–Crippen MR) is 94.2 cm³/mol. The van der Waals surface area contributed by atoms with Crippen LogP contribution in [-0.2, 0) is 9.63 Å². The van der Waals surface area contributed by atoms with Crippen LogP contribution in [0.5, 0.6) is 5.75 Å². The van der Waals surface area contributed by atoms with Crippen molar-refractivity contribution in [3.05, 3.63) is 52.7 Å². The van der Waals surface area contributed by atoms with Gasteiger partial charge in [0.25, 0.3) is 0 Å². The second-order valence-corrected chi connectivity index (χ2v) is 5.86. The van der Waals surface area contributed by atoms with Gasteiger partial charge < -0.3 is 10.1 Å². The van der Waals surface area contributed by atoms with E-state index in [0.29, 0.717) is 6.61 Å². The Kier molecular flexibility index (Phi) is 5.79. The fourth-order valence-corrected chi connectivity index (χ4v) is 2.58. The van der Waals surface area contributed by atoms with E-state index in [1.807, 2.05) is 45.2 Å². The molecule has 0 radical (unpaired) electrons. The number of benzene rings is 1. The molecule has 0 saturated heterocycles. The lowest BCUT2D eigenvalue weighted by Crippen LogP contribution is -2.30. The van der Waals surface area contributed by atoms with Gasteiger partial charge in [0.05, 0.1) is 17.7 Å². The zero-order valence-corrected chi connectivity index (χ0v) is 15.0. The standard InChI is InChI=1S/C19H24N2O3/c1-13-9-10-14(2)19(11-13)24-12-16-17(20-15(3)22)7-6-8-18(16)21(4)23-5/h6-7,9-11H,8,12H2,1-5H3/p+1. The van der Waals surface area contributed by atoms with E-state index in [0.717, 1.165) is 40.3 Å². The highest BCUT2D eigenvalue weighted by Gasteiger charge is 2.25. The summed E-state index contributed by atoms with van der Waals surface area (Å²) in [5, 5.41) is 2.87. The molecule has 0 fully saturated rings. The third-order valence-corrected chi connectivity index (χ3v) is 3.95. The van der Waals surface area contributed by atoms with Crippen LogP contribution < -0.4 is 10.1 Å². The largest absolute Gasteiger partial charge is 0.488 e. The maximum atomic E-state index is 11.5. The Morgan fingerprint density at radius 3 is 2.75 bits per heavy atom. The van der Waals surface area contributed by atoms with Crippen LogP contribution in [0.15, 0.2) is 41.6 Å². The van der Waals surface area contributed by atoms with Crippen molar-refractivity contribution >= 4 is 11.6 Å². The van der Waals surface area contributed by atoms with E-state index >= 15 is 0 Å². The number of carbonyl (C=O) groups is 1. The Hall–Kier alpha value is -2.56. The van der Waals surface area contributed by atoms with Crippen LogP contribution in [-0.4, -0.2) is 37.1 Å². The first-order valence-corrected chi connectivity index (χ1v) is 7.93. The summed E-state index contributed by atoms with van der Waals surface area (Å²) >= 11 is 0. The maximum absolute atomic E-state index is 11.5. The molecule has 0 aliphatic heterocycles. The number of carbonyl (C=O) groups excluding carboxylic acids is 1. The average molecular weight is 329 g/mol. The van der Waals surface area contributed by atoms with E-state index in [4.69, 9.17) is 9.57 Å². The molecule has 1 aromatic rings. The normalized spacial score (nSPS) is 16.0. The molecular weight excluding hydrogens is 304 g/mol. The third-order valence-electron chi connectivity index (χ3n) is 3.95. The summed E-state index contributed by atoms with van der Waals surface area (Å²) in [5.74, 6) is 0.735. The molecule has 0 heterocycles. The second-order valence-electron chi connectivity index (χ2n) is 5.86. The first-order chi connectivity index (χ1) is 11.4. The van der Waals surface area contributed by atoms with Gasteiger partial charge in [-0.25, -0.2) is 0 Å². The van der Waals surface area contributed by atoms with Gasteiger partial charge in [-0.1, -0.05) is 18.2 Å². The number of nitrogens with one attached hydrogen (secondary N) is 1. The monoisotopic (exact) mass is 329 g/mol. The highest BCUT2D eigenvalue weighted by molar-refractivity contribution is 6.00. The minimum atomic E-state index is -0.111. The van der Waals surface area contributed by atoms with Crippen molar-refractivity contribution in [2.24, 2.45) is 0 Å². The molecule has 0 saturated carbocycles. The number of rotatable bonds is 5. The smallest absolute Gasteiger partial charge is 0.239 e. The van der Waals surface area contributed by atoms with E-state index in [9.17, 15) is 4.79 Å². The fourth-order valence-electron chi connectivity index (χ4n) is 2.58. The predicted octanol–water partition coefficient (Wildman–Crippen LogP) is 2.68. The van der Waals surface area contributed by atoms with E-state index in [2.05, 4.69) is 11.4 Å². The van der Waals surface area contributed by atoms with Crippen molar-refractivity contribution in [3.8, 4) is 5.75 Å². The molecule has 0 bridgehead atoms. The summed E-state index contributed by atoms with van der Waals surface area (Å²) in [6.45, 7) is 5.91. The van der Waals surface area contributed by atoms with Crippen LogP contribution in [0.4, 0.5) is 0 Å². The molecule has 5 nitrogen and oxygen atoms in total. The summed E-state index contributed by atoms with van der Waals surface area (Å²) in [6, 6.07) is 6.12. The van der Waals surface area contributed by atoms with Gasteiger partial charge in [0, 0.05) is 6.92 Å². The van der Waals surface area contributed by atoms with Crippen molar-refractivity contribution in [3.63, 3.8) is 0 Å². The first-order valence-electron chi connectivity index (χ1n) is 7.93. The lowest BCUT2D eigenvalue weighted by molar-refractivity contribution is -0.761. The molecule has 128 valence electrons. The maximum Gasteiger partial charge on any atom is 0.239 e. The minimum absolute atomic E-state index is 0.111. The Bertz CT molecular complexity index is 730. The molecule has 1 aromatic carbocycles. The number of allylic oxidation sites excluding steroid dienone is 2. The Morgan fingerprint density at radius 1 is 1.33 bits per heavy atom. The molecule has 1 aliphatic rings. The summed E-state index contributed by atoms with van der Waals surface area (Å²) in [7, 11) is 3.46. The number of amides is 1. The van der Waals surface area contributed by atoms with Gasteiger partial charge in [-0.15, -0.1) is 0 Å². The fraction of sp³-hybridized carbons (Fsp3) is 0.368. The highest BCUT2D eigenvalue weighted by atomic mass is 16.6. The van der Waals surface area contributed by atoms with Gasteiger partial charge in [0.15, 0.2) is 7.05 Å². The Labute approximate surface area is 143 Å². The van der Waals surface area contributed by atoms with Crippen LogP contribution in [0.25, 0.3) is 0 Å². The molecule has 24 heavy (non-hydrogen) atoms. The van der Waals surface area contributed by atoms with Crippen molar-refractivity contribution in [1.29, 1.82) is 0 Å². The van der Waals surface area contributed by atoms with Crippen molar-refractivity contribution < 1.29 is 19.1 Å². The highest BCUT2D eigenvalue weighted by Crippen LogP contribution is 2.22. The average Bonchev–Trinajstić information content (AvgIpc) is 2.55. The topological polar surface area (TPSA) is 50.6 Å². The van der Waals surface area contributed by atoms with E-state index in [1.165, 1.54) is 6.92 Å². The van der Waals surface area contributed by atoms with Crippen LogP contribution in [0.3, 0.4) is 0 Å². The number of aryl methyl sites for hydroxylation is 2. The minimum Gasteiger partial charge on any atom is -0.488 e. The molecule has 0 aromatic heterocycles. The zero-order valence-electron chi connectivity index (χ0n) is 15.0. The van der Waals surface area contributed by atoms with Gasteiger partial charge >= 0.3 is 0 Å². The number of hydrogen-bond donors (Lipinski definition) is 1. The van der Waals surface area contributed by atoms with Gasteiger partial charge in [0.1, 0.15) is 19.5 Å². The molecule has 0 spiro atoms. The summed E-state index contributed by atoms with van der Waals surface area (Å²) in [5.41, 5.74) is 4.86. The molecular formula is C19H25N2O3+. The molecule has 1 amide bonds. The van der Waals surface area contributed by atoms with Gasteiger partial charge in [-0.3, -0.25) is 9.63 Å². The van der Waals surface area contributed by atoms with E-state index < -0.39 is 0 Å². The van der Waals surface area contributed by atoms with Crippen molar-refractivity contribution in [1.82, 2.24) is 5.32 Å². The third kappa shape index (κ3) is 4.25. The van der Waals surface area contributed by atoms with Crippen LogP contribution in [0.1, 0.15) is 24.5 Å². The van der Waals surface area contributed by atoms with Gasteiger partial charge in [0.2, 0.25) is 11.6 Å². The summed E-state index contributed by atoms with van der Waals surface area (Å²) < 4.78 is 7.75. The van der Waals surface area contributed by atoms with Crippen molar-refractivity contribution in [2.45, 2.75) is 27.2 Å². The number of hydrogen-bond acceptors (Lipinski definition) is 3. The molecule has 0 atom stereocenters. The number of ether oxygens (including phenoxy) is 1. The molecule has 1 aliphatic carbocycles. The van der Waals surface area contributed by atoms with E-state index in [1.54, 1.807) is 11.8 Å². The zero-order chi connectivity index (χ0) is 17.7. The summed E-state index contributed by atoms with van der Waals surface area (Å²) in [4.78, 5) is 16.8. The van der Waals surface area contributed by atoms with Gasteiger partial charge in [-0.2, -0.15) is 0 Å². The molecule has 0 unspecified atom stereocenters. The first kappa shape index (κ1) is 17.8. The number of hydroxylamine groups is 1. The SMILES string of the molecule is CO/[N+](C)=C1\CC=CC(NC(C)=O)=C1COc1cc(C)ccc1C. The molecule has 2 rings (SSSR count). The lowest BCUT2D eigenvalue weighted by Gasteiger charge is -2.17. The summed E-state index contributed by atoms with van der Waals surface area (Å²) in [6.07, 6.45) is 4.63. The molecule has 5 heteroatoms. The van der Waals surface area contributed by atoms with Crippen LogP contribution in [0.2, 0.25) is 0 Å². The van der Waals surface area contributed by atoms with E-state index in [-0.39, 0.29) is 5.91 Å². The van der Waals surface area contributed by atoms with Crippen LogP contribution >= 0.6 is 0 Å². The molecule has 1 N–H and O–H groups in total. The van der Waals surface area contributed by atoms with Crippen LogP contribution in [0, 0.1) is 13.8 Å². The van der Waals surface area contributed by atoms with Crippen molar-refractivity contribution in [2.75, 3.05) is 20.8 Å². The number of nitrogens with zero attached hydrogens (tertiary/aromatic N) is 1. The second kappa shape index (κ2) is 7.81. The van der Waals surface area contributed by atoms with Gasteiger partial charge in [-0.05, 0) is 41.9 Å².